The van der Waals surface area contributed by atoms with Crippen molar-refractivity contribution < 1.29 is 9.53 Å². The zero-order valence-electron chi connectivity index (χ0n) is 14.5. The predicted molar refractivity (Wildman–Crippen MR) is 103 cm³/mol. The summed E-state index contributed by atoms with van der Waals surface area (Å²) in [4.78, 5) is 16.7. The summed E-state index contributed by atoms with van der Waals surface area (Å²) < 4.78 is 5.80. The molecule has 0 fully saturated rings. The minimum absolute atomic E-state index is 0.0191. The molecule has 126 valence electrons. The number of anilines is 1. The molecular formula is C21H19NO2S. The molecule has 2 heterocycles. The predicted octanol–water partition coefficient (Wildman–Crippen LogP) is 5.20. The second-order valence-electron chi connectivity index (χ2n) is 6.40. The van der Waals surface area contributed by atoms with Crippen LogP contribution >= 0.6 is 11.3 Å². The Labute approximate surface area is 151 Å². The van der Waals surface area contributed by atoms with Gasteiger partial charge in [0.25, 0.3) is 5.91 Å². The number of para-hydroxylation sites is 1. The van der Waals surface area contributed by atoms with Gasteiger partial charge in [-0.3, -0.25) is 4.79 Å². The molecule has 0 N–H and O–H groups in total. The number of carbonyl (C=O) groups excluding carboxylic acids is 1. The maximum absolute atomic E-state index is 13.0. The molecule has 1 aliphatic rings. The molecule has 0 atom stereocenters. The molecule has 0 saturated carbocycles. The van der Waals surface area contributed by atoms with E-state index in [0.717, 1.165) is 43.4 Å². The molecule has 0 bridgehead atoms. The third kappa shape index (κ3) is 2.72. The van der Waals surface area contributed by atoms with Gasteiger partial charge in [0.1, 0.15) is 12.4 Å². The third-order valence-electron chi connectivity index (χ3n) is 4.57. The van der Waals surface area contributed by atoms with Crippen molar-refractivity contribution in [3.63, 3.8) is 0 Å². The SMILES string of the molecule is Cc1ccc(C)c(N(C)C(=O)c2cc3c(s2)-c2ccccc2OC3)c1. The molecule has 3 nitrogen and oxygen atoms in total. The Morgan fingerprint density at radius 1 is 1.12 bits per heavy atom. The molecule has 1 aromatic heterocycles. The van der Waals surface area contributed by atoms with Crippen LogP contribution in [0.25, 0.3) is 10.4 Å². The van der Waals surface area contributed by atoms with E-state index >= 15 is 0 Å². The Morgan fingerprint density at radius 2 is 1.92 bits per heavy atom. The molecule has 1 amide bonds. The quantitative estimate of drug-likeness (QED) is 0.636. The lowest BCUT2D eigenvalue weighted by Crippen LogP contribution is -2.26. The molecule has 4 rings (SSSR count). The topological polar surface area (TPSA) is 29.5 Å². The zero-order valence-corrected chi connectivity index (χ0v) is 15.3. The average Bonchev–Trinajstić information content (AvgIpc) is 3.07. The van der Waals surface area contributed by atoms with E-state index in [1.165, 1.54) is 0 Å². The Morgan fingerprint density at radius 3 is 2.76 bits per heavy atom. The summed E-state index contributed by atoms with van der Waals surface area (Å²) in [7, 11) is 1.84. The van der Waals surface area contributed by atoms with E-state index in [2.05, 4.69) is 18.2 Å². The molecule has 3 aromatic rings. The van der Waals surface area contributed by atoms with Gasteiger partial charge in [-0.25, -0.2) is 0 Å². The zero-order chi connectivity index (χ0) is 17.6. The molecular weight excluding hydrogens is 330 g/mol. The number of rotatable bonds is 2. The molecule has 0 radical (unpaired) electrons. The van der Waals surface area contributed by atoms with Crippen LogP contribution in [0.5, 0.6) is 5.75 Å². The van der Waals surface area contributed by atoms with E-state index < -0.39 is 0 Å². The summed E-state index contributed by atoms with van der Waals surface area (Å²) in [5, 5.41) is 0. The molecule has 0 unspecified atom stereocenters. The van der Waals surface area contributed by atoms with Crippen molar-refractivity contribution in [3.8, 4) is 16.2 Å². The highest BCUT2D eigenvalue weighted by Crippen LogP contribution is 2.42. The Bertz CT molecular complexity index is 974. The van der Waals surface area contributed by atoms with E-state index in [0.29, 0.717) is 6.61 Å². The second-order valence-corrected chi connectivity index (χ2v) is 7.46. The highest BCUT2D eigenvalue weighted by Gasteiger charge is 2.24. The molecule has 1 aliphatic heterocycles. The summed E-state index contributed by atoms with van der Waals surface area (Å²) in [6, 6.07) is 16.1. The van der Waals surface area contributed by atoms with E-state index in [1.54, 1.807) is 16.2 Å². The number of thiophene rings is 1. The van der Waals surface area contributed by atoms with Gasteiger partial charge >= 0.3 is 0 Å². The lowest BCUT2D eigenvalue weighted by atomic mass is 10.1. The lowest BCUT2D eigenvalue weighted by molar-refractivity contribution is 0.0996. The Hall–Kier alpha value is -2.59. The number of benzene rings is 2. The Balaban J connectivity index is 1.71. The van der Waals surface area contributed by atoms with E-state index in [-0.39, 0.29) is 5.91 Å². The van der Waals surface area contributed by atoms with E-state index in [1.807, 2.05) is 51.2 Å². The molecule has 4 heteroatoms. The van der Waals surface area contributed by atoms with Crippen molar-refractivity contribution in [1.29, 1.82) is 0 Å². The summed E-state index contributed by atoms with van der Waals surface area (Å²) in [6.07, 6.45) is 0. The first-order valence-electron chi connectivity index (χ1n) is 8.25. The van der Waals surface area contributed by atoms with Gasteiger partial charge in [0.2, 0.25) is 0 Å². The van der Waals surface area contributed by atoms with Crippen molar-refractivity contribution in [2.24, 2.45) is 0 Å². The standard InChI is InChI=1S/C21H19NO2S/c1-13-8-9-14(2)17(10-13)22(3)21(23)19-11-15-12-24-18-7-5-4-6-16(18)20(15)25-19/h4-11H,12H2,1-3H3. The van der Waals surface area contributed by atoms with Gasteiger partial charge < -0.3 is 9.64 Å². The molecule has 25 heavy (non-hydrogen) atoms. The van der Waals surface area contributed by atoms with Gasteiger partial charge in [-0.15, -0.1) is 11.3 Å². The summed E-state index contributed by atoms with van der Waals surface area (Å²) >= 11 is 1.55. The van der Waals surface area contributed by atoms with Crippen LogP contribution in [0.4, 0.5) is 5.69 Å². The van der Waals surface area contributed by atoms with E-state index in [9.17, 15) is 4.79 Å². The van der Waals surface area contributed by atoms with Gasteiger partial charge in [0, 0.05) is 28.7 Å². The van der Waals surface area contributed by atoms with Gasteiger partial charge in [-0.05, 0) is 49.2 Å². The lowest BCUT2D eigenvalue weighted by Gasteiger charge is -2.19. The molecule has 2 aromatic carbocycles. The third-order valence-corrected chi connectivity index (χ3v) is 5.76. The largest absolute Gasteiger partial charge is 0.488 e. The molecule has 0 aliphatic carbocycles. The first-order valence-corrected chi connectivity index (χ1v) is 9.06. The van der Waals surface area contributed by atoms with Crippen LogP contribution in [0.15, 0.2) is 48.5 Å². The first-order chi connectivity index (χ1) is 12.0. The number of amides is 1. The maximum atomic E-state index is 13.0. The van der Waals surface area contributed by atoms with Gasteiger partial charge in [0.05, 0.1) is 4.88 Å². The van der Waals surface area contributed by atoms with Crippen LogP contribution in [0, 0.1) is 13.8 Å². The van der Waals surface area contributed by atoms with Crippen molar-refractivity contribution in [2.75, 3.05) is 11.9 Å². The highest BCUT2D eigenvalue weighted by atomic mass is 32.1. The van der Waals surface area contributed by atoms with Crippen LogP contribution in [0.1, 0.15) is 26.4 Å². The summed E-state index contributed by atoms with van der Waals surface area (Å²) in [5.74, 6) is 0.907. The summed E-state index contributed by atoms with van der Waals surface area (Å²) in [6.45, 7) is 4.59. The normalized spacial score (nSPS) is 12.1. The van der Waals surface area contributed by atoms with Crippen LogP contribution in [0.3, 0.4) is 0 Å². The minimum Gasteiger partial charge on any atom is -0.488 e. The first kappa shape index (κ1) is 15.9. The second kappa shape index (κ2) is 6.05. The number of ether oxygens (including phenoxy) is 1. The average molecular weight is 349 g/mol. The highest BCUT2D eigenvalue weighted by molar-refractivity contribution is 7.17. The van der Waals surface area contributed by atoms with Crippen LogP contribution in [0.2, 0.25) is 0 Å². The number of hydrogen-bond acceptors (Lipinski definition) is 3. The van der Waals surface area contributed by atoms with Crippen LogP contribution in [-0.2, 0) is 6.61 Å². The van der Waals surface area contributed by atoms with Gasteiger partial charge in [0.15, 0.2) is 0 Å². The maximum Gasteiger partial charge on any atom is 0.268 e. The van der Waals surface area contributed by atoms with Crippen molar-refractivity contribution >= 4 is 22.9 Å². The van der Waals surface area contributed by atoms with Crippen molar-refractivity contribution in [1.82, 2.24) is 0 Å². The fourth-order valence-corrected chi connectivity index (χ4v) is 4.33. The van der Waals surface area contributed by atoms with Gasteiger partial charge in [-0.2, -0.15) is 0 Å². The molecule has 0 spiro atoms. The van der Waals surface area contributed by atoms with Gasteiger partial charge in [-0.1, -0.05) is 24.3 Å². The fourth-order valence-electron chi connectivity index (χ4n) is 3.16. The van der Waals surface area contributed by atoms with Crippen molar-refractivity contribution in [3.05, 3.63) is 70.1 Å². The van der Waals surface area contributed by atoms with Crippen LogP contribution in [-0.4, -0.2) is 13.0 Å². The van der Waals surface area contributed by atoms with Crippen LogP contribution < -0.4 is 9.64 Å². The minimum atomic E-state index is 0.0191. The number of hydrogen-bond donors (Lipinski definition) is 0. The molecule has 0 saturated heterocycles. The smallest absolute Gasteiger partial charge is 0.268 e. The number of aryl methyl sites for hydroxylation is 2. The Kier molecular flexibility index (Phi) is 3.85. The fraction of sp³-hybridized carbons (Fsp3) is 0.190. The monoisotopic (exact) mass is 349 g/mol. The number of carbonyl (C=O) groups is 1. The van der Waals surface area contributed by atoms with Crippen molar-refractivity contribution in [2.45, 2.75) is 20.5 Å². The summed E-state index contributed by atoms with van der Waals surface area (Å²) in [5.41, 5.74) is 5.35. The number of fused-ring (bicyclic) bond motifs is 3. The number of nitrogens with zero attached hydrogens (tertiary/aromatic N) is 1. The van der Waals surface area contributed by atoms with E-state index in [4.69, 9.17) is 4.74 Å².